The third kappa shape index (κ3) is 1.80. The van der Waals surface area contributed by atoms with E-state index in [-0.39, 0.29) is 6.61 Å². The normalized spacial score (nSPS) is 11.1. The lowest BCUT2D eigenvalue weighted by Crippen LogP contribution is -1.84. The molecule has 1 aromatic heterocycles. The largest absolute Gasteiger partial charge is 0.392 e. The van der Waals surface area contributed by atoms with Crippen LogP contribution < -0.4 is 0 Å². The highest BCUT2D eigenvalue weighted by atomic mass is 127. The average molecular weight is 336 g/mol. The first-order valence-corrected chi connectivity index (χ1v) is 7.29. The Labute approximate surface area is 105 Å². The van der Waals surface area contributed by atoms with Gasteiger partial charge in [-0.05, 0) is 46.5 Å². The molecule has 14 heavy (non-hydrogen) atoms. The highest BCUT2D eigenvalue weighted by molar-refractivity contribution is 14.1. The maximum absolute atomic E-state index is 9.08. The van der Waals surface area contributed by atoms with Crippen LogP contribution in [-0.4, -0.2) is 11.4 Å². The summed E-state index contributed by atoms with van der Waals surface area (Å²) in [5.74, 6) is 0. The Kier molecular flexibility index (Phi) is 3.36. The van der Waals surface area contributed by atoms with E-state index in [1.807, 2.05) is 0 Å². The van der Waals surface area contributed by atoms with E-state index in [0.29, 0.717) is 0 Å². The van der Waals surface area contributed by atoms with Crippen LogP contribution in [0.3, 0.4) is 0 Å². The molecule has 0 aliphatic rings. The van der Waals surface area contributed by atoms with E-state index in [4.69, 9.17) is 5.11 Å². The lowest BCUT2D eigenvalue weighted by molar-refractivity contribution is 0.282. The van der Waals surface area contributed by atoms with Crippen LogP contribution >= 0.6 is 45.7 Å². The fourth-order valence-corrected chi connectivity index (χ4v) is 4.66. The number of fused-ring (bicyclic) bond motifs is 1. The second-order valence-corrected chi connectivity index (χ2v) is 5.83. The second kappa shape index (κ2) is 4.38. The Morgan fingerprint density at radius 2 is 2.29 bits per heavy atom. The molecular formula is C10H9IOS2. The summed E-state index contributed by atoms with van der Waals surface area (Å²) in [6.45, 7) is 0.123. The van der Waals surface area contributed by atoms with E-state index in [1.165, 1.54) is 18.6 Å². The van der Waals surface area contributed by atoms with Crippen LogP contribution in [0.2, 0.25) is 0 Å². The molecule has 0 fully saturated rings. The fourth-order valence-electron chi connectivity index (χ4n) is 1.38. The third-order valence-corrected chi connectivity index (χ3v) is 4.75. The van der Waals surface area contributed by atoms with E-state index in [0.717, 1.165) is 5.56 Å². The number of benzene rings is 1. The van der Waals surface area contributed by atoms with Gasteiger partial charge in [0.15, 0.2) is 0 Å². The number of aliphatic hydroxyl groups excluding tert-OH is 1. The van der Waals surface area contributed by atoms with Crippen molar-refractivity contribution in [2.45, 2.75) is 11.5 Å². The number of aliphatic hydroxyl groups is 1. The van der Waals surface area contributed by atoms with Gasteiger partial charge in [0, 0.05) is 23.9 Å². The molecule has 0 atom stereocenters. The van der Waals surface area contributed by atoms with Crippen molar-refractivity contribution in [2.75, 3.05) is 6.26 Å². The number of hydrogen-bond donors (Lipinski definition) is 1. The SMILES string of the molecule is CSc1csc2cc(CO)cc(I)c12. The number of rotatable bonds is 2. The molecule has 2 aromatic rings. The van der Waals surface area contributed by atoms with Gasteiger partial charge in [0.2, 0.25) is 0 Å². The van der Waals surface area contributed by atoms with E-state index >= 15 is 0 Å². The molecule has 0 unspecified atom stereocenters. The van der Waals surface area contributed by atoms with Crippen molar-refractivity contribution in [3.8, 4) is 0 Å². The van der Waals surface area contributed by atoms with Gasteiger partial charge in [0.1, 0.15) is 0 Å². The lowest BCUT2D eigenvalue weighted by Gasteiger charge is -2.01. The molecule has 4 heteroatoms. The minimum Gasteiger partial charge on any atom is -0.392 e. The molecule has 0 aliphatic heterocycles. The average Bonchev–Trinajstić information content (AvgIpc) is 2.61. The molecule has 1 heterocycles. The first-order chi connectivity index (χ1) is 6.76. The number of hydrogen-bond acceptors (Lipinski definition) is 3. The molecule has 1 N–H and O–H groups in total. The van der Waals surface area contributed by atoms with Crippen molar-refractivity contribution >= 4 is 55.8 Å². The van der Waals surface area contributed by atoms with E-state index in [1.54, 1.807) is 23.1 Å². The van der Waals surface area contributed by atoms with Gasteiger partial charge < -0.3 is 5.11 Å². The molecule has 0 amide bonds. The molecule has 0 aliphatic carbocycles. The summed E-state index contributed by atoms with van der Waals surface area (Å²) in [5.41, 5.74) is 0.997. The number of halogens is 1. The van der Waals surface area contributed by atoms with Crippen molar-refractivity contribution in [3.05, 3.63) is 26.6 Å². The maximum atomic E-state index is 9.08. The van der Waals surface area contributed by atoms with Crippen molar-refractivity contribution < 1.29 is 5.11 Å². The molecule has 0 saturated heterocycles. The summed E-state index contributed by atoms with van der Waals surface area (Å²) in [6.07, 6.45) is 2.09. The van der Waals surface area contributed by atoms with Crippen molar-refractivity contribution in [3.63, 3.8) is 0 Å². The topological polar surface area (TPSA) is 20.2 Å². The minimum absolute atomic E-state index is 0.123. The van der Waals surface area contributed by atoms with Crippen LogP contribution in [-0.2, 0) is 6.61 Å². The van der Waals surface area contributed by atoms with Gasteiger partial charge in [0.05, 0.1) is 6.61 Å². The van der Waals surface area contributed by atoms with Crippen LogP contribution in [0.5, 0.6) is 0 Å². The molecule has 2 rings (SSSR count). The van der Waals surface area contributed by atoms with E-state index in [9.17, 15) is 0 Å². The van der Waals surface area contributed by atoms with Gasteiger partial charge in [-0.2, -0.15) is 0 Å². The van der Waals surface area contributed by atoms with Gasteiger partial charge in [-0.1, -0.05) is 0 Å². The lowest BCUT2D eigenvalue weighted by atomic mass is 10.2. The Morgan fingerprint density at radius 1 is 1.50 bits per heavy atom. The van der Waals surface area contributed by atoms with Crippen molar-refractivity contribution in [1.29, 1.82) is 0 Å². The molecule has 1 aromatic carbocycles. The van der Waals surface area contributed by atoms with Crippen LogP contribution in [0.25, 0.3) is 10.1 Å². The first kappa shape index (κ1) is 10.7. The third-order valence-electron chi connectivity index (χ3n) is 2.06. The smallest absolute Gasteiger partial charge is 0.0682 e. The Morgan fingerprint density at radius 3 is 2.93 bits per heavy atom. The second-order valence-electron chi connectivity index (χ2n) is 2.91. The summed E-state index contributed by atoms with van der Waals surface area (Å²) in [4.78, 5) is 1.33. The minimum atomic E-state index is 0.123. The predicted molar refractivity (Wildman–Crippen MR) is 72.2 cm³/mol. The Balaban J connectivity index is 2.72. The number of thioether (sulfide) groups is 1. The van der Waals surface area contributed by atoms with Gasteiger partial charge in [-0.15, -0.1) is 23.1 Å². The highest BCUT2D eigenvalue weighted by Gasteiger charge is 2.08. The summed E-state index contributed by atoms with van der Waals surface area (Å²) in [5, 5.41) is 12.6. The van der Waals surface area contributed by atoms with Crippen LogP contribution in [0.15, 0.2) is 22.4 Å². The van der Waals surface area contributed by atoms with Crippen LogP contribution in [0.4, 0.5) is 0 Å². The molecule has 0 radical (unpaired) electrons. The van der Waals surface area contributed by atoms with Crippen molar-refractivity contribution in [2.24, 2.45) is 0 Å². The van der Waals surface area contributed by atoms with Crippen LogP contribution in [0.1, 0.15) is 5.56 Å². The summed E-state index contributed by atoms with van der Waals surface area (Å²) in [6, 6.07) is 4.12. The van der Waals surface area contributed by atoms with Gasteiger partial charge in [0.25, 0.3) is 0 Å². The standard InChI is InChI=1S/C10H9IOS2/c1-13-9-5-14-8-3-6(4-12)2-7(11)10(8)9/h2-3,5,12H,4H2,1H3. The van der Waals surface area contributed by atoms with E-state index < -0.39 is 0 Å². The van der Waals surface area contributed by atoms with E-state index in [2.05, 4.69) is 46.4 Å². The molecular weight excluding hydrogens is 327 g/mol. The summed E-state index contributed by atoms with van der Waals surface area (Å²) < 4.78 is 2.50. The zero-order valence-corrected chi connectivity index (χ0v) is 11.4. The molecule has 74 valence electrons. The number of thiophene rings is 1. The Hall–Kier alpha value is 0.220. The quantitative estimate of drug-likeness (QED) is 0.666. The van der Waals surface area contributed by atoms with Crippen molar-refractivity contribution in [1.82, 2.24) is 0 Å². The van der Waals surface area contributed by atoms with Gasteiger partial charge in [-0.3, -0.25) is 0 Å². The Bertz CT molecular complexity index is 464. The molecule has 1 nitrogen and oxygen atoms in total. The molecule has 0 bridgehead atoms. The maximum Gasteiger partial charge on any atom is 0.0682 e. The van der Waals surface area contributed by atoms with Crippen LogP contribution in [0, 0.1) is 3.57 Å². The predicted octanol–water partition coefficient (Wildman–Crippen LogP) is 3.72. The first-order valence-electron chi connectivity index (χ1n) is 4.10. The fraction of sp³-hybridized carbons (Fsp3) is 0.200. The zero-order chi connectivity index (χ0) is 10.1. The monoisotopic (exact) mass is 336 g/mol. The summed E-state index contributed by atoms with van der Waals surface area (Å²) in [7, 11) is 0. The zero-order valence-electron chi connectivity index (χ0n) is 7.58. The molecule has 0 spiro atoms. The summed E-state index contributed by atoms with van der Waals surface area (Å²) >= 11 is 5.86. The van der Waals surface area contributed by atoms with Gasteiger partial charge in [-0.25, -0.2) is 0 Å². The van der Waals surface area contributed by atoms with Gasteiger partial charge >= 0.3 is 0 Å². The molecule has 0 saturated carbocycles. The highest BCUT2D eigenvalue weighted by Crippen LogP contribution is 2.36.